The zero-order valence-electron chi connectivity index (χ0n) is 8.86. The Morgan fingerprint density at radius 3 is 2.94 bits per heavy atom. The molecule has 0 saturated carbocycles. The summed E-state index contributed by atoms with van der Waals surface area (Å²) in [5.41, 5.74) is 0.171. The van der Waals surface area contributed by atoms with Crippen LogP contribution < -0.4 is 0 Å². The fourth-order valence-electron chi connectivity index (χ4n) is 1.17. The molecule has 0 unspecified atom stereocenters. The fraction of sp³-hybridized carbons (Fsp3) is 0.375. The highest BCUT2D eigenvalue weighted by molar-refractivity contribution is 5.86. The number of esters is 1. The summed E-state index contributed by atoms with van der Waals surface area (Å²) in [5.74, 6) is 0.213. The van der Waals surface area contributed by atoms with Crippen molar-refractivity contribution < 1.29 is 9.53 Å². The molecule has 0 aromatic carbocycles. The van der Waals surface area contributed by atoms with Gasteiger partial charge in [0.2, 0.25) is 0 Å². The normalized spacial score (nSPS) is 10.4. The summed E-state index contributed by atoms with van der Waals surface area (Å²) in [6.45, 7) is 0.403. The average molecular weight is 222 g/mol. The maximum atomic E-state index is 11.1. The van der Waals surface area contributed by atoms with Gasteiger partial charge in [-0.2, -0.15) is 0 Å². The highest BCUT2D eigenvalue weighted by Crippen LogP contribution is 1.99. The van der Waals surface area contributed by atoms with Crippen molar-refractivity contribution in [3.05, 3.63) is 24.0 Å². The van der Waals surface area contributed by atoms with Crippen molar-refractivity contribution in [3.8, 4) is 0 Å². The first-order valence-electron chi connectivity index (χ1n) is 4.52. The van der Waals surface area contributed by atoms with E-state index in [4.69, 9.17) is 0 Å². The number of hydrogen-bond donors (Lipinski definition) is 0. The van der Waals surface area contributed by atoms with Gasteiger partial charge in [0.15, 0.2) is 11.5 Å². The number of aromatic nitrogens is 6. The molecule has 0 amide bonds. The van der Waals surface area contributed by atoms with Crippen LogP contribution in [0.3, 0.4) is 0 Å². The third kappa shape index (κ3) is 1.90. The van der Waals surface area contributed by atoms with Crippen LogP contribution in [0.2, 0.25) is 0 Å². The molecule has 0 aliphatic rings. The third-order valence-corrected chi connectivity index (χ3v) is 2.04. The van der Waals surface area contributed by atoms with Crippen LogP contribution in [0.15, 0.2) is 12.5 Å². The summed E-state index contributed by atoms with van der Waals surface area (Å²) in [7, 11) is 3.12. The second-order valence-corrected chi connectivity index (χ2v) is 3.15. The van der Waals surface area contributed by atoms with E-state index < -0.39 is 5.97 Å². The second-order valence-electron chi connectivity index (χ2n) is 3.15. The predicted octanol–water partition coefficient (Wildman–Crippen LogP) is -0.759. The van der Waals surface area contributed by atoms with E-state index in [1.54, 1.807) is 10.9 Å². The van der Waals surface area contributed by atoms with Gasteiger partial charge in [0, 0.05) is 7.05 Å². The molecule has 16 heavy (non-hydrogen) atoms. The zero-order valence-corrected chi connectivity index (χ0v) is 8.86. The van der Waals surface area contributed by atoms with Crippen molar-refractivity contribution in [1.82, 2.24) is 29.8 Å². The summed E-state index contributed by atoms with van der Waals surface area (Å²) < 4.78 is 7.78. The Balaban J connectivity index is 2.14. The minimum absolute atomic E-state index is 0.171. The van der Waals surface area contributed by atoms with Crippen LogP contribution >= 0.6 is 0 Å². The fourth-order valence-corrected chi connectivity index (χ4v) is 1.17. The summed E-state index contributed by atoms with van der Waals surface area (Å²) in [6, 6.07) is 0. The van der Waals surface area contributed by atoms with Crippen LogP contribution in [0.4, 0.5) is 0 Å². The summed E-state index contributed by atoms with van der Waals surface area (Å²) >= 11 is 0. The molecule has 0 aliphatic heterocycles. The molecular formula is C8H10N6O2. The van der Waals surface area contributed by atoms with E-state index in [0.717, 1.165) is 5.82 Å². The molecule has 0 saturated heterocycles. The van der Waals surface area contributed by atoms with Crippen LogP contribution in [0, 0.1) is 0 Å². The van der Waals surface area contributed by atoms with Crippen LogP contribution in [0.5, 0.6) is 0 Å². The van der Waals surface area contributed by atoms with E-state index in [-0.39, 0.29) is 5.69 Å². The van der Waals surface area contributed by atoms with Gasteiger partial charge in [-0.15, -0.1) is 15.3 Å². The van der Waals surface area contributed by atoms with Gasteiger partial charge in [-0.1, -0.05) is 5.21 Å². The molecule has 8 heteroatoms. The van der Waals surface area contributed by atoms with Gasteiger partial charge in [-0.3, -0.25) is 0 Å². The zero-order chi connectivity index (χ0) is 11.5. The first-order chi connectivity index (χ1) is 7.70. The molecule has 0 bridgehead atoms. The molecule has 0 fully saturated rings. The maximum absolute atomic E-state index is 11.1. The number of rotatable bonds is 3. The van der Waals surface area contributed by atoms with Gasteiger partial charge in [0.25, 0.3) is 0 Å². The van der Waals surface area contributed by atoms with Crippen molar-refractivity contribution in [3.63, 3.8) is 0 Å². The second kappa shape index (κ2) is 4.09. The topological polar surface area (TPSA) is 87.7 Å². The van der Waals surface area contributed by atoms with Crippen molar-refractivity contribution in [2.45, 2.75) is 6.54 Å². The van der Waals surface area contributed by atoms with Gasteiger partial charge >= 0.3 is 5.97 Å². The Kier molecular flexibility index (Phi) is 2.63. The lowest BCUT2D eigenvalue weighted by Crippen LogP contribution is -2.06. The maximum Gasteiger partial charge on any atom is 0.360 e. The molecule has 8 nitrogen and oxygen atoms in total. The van der Waals surface area contributed by atoms with E-state index in [0.29, 0.717) is 6.54 Å². The number of carbonyl (C=O) groups excluding carboxylic acids is 1. The third-order valence-electron chi connectivity index (χ3n) is 2.04. The van der Waals surface area contributed by atoms with Crippen LogP contribution in [-0.4, -0.2) is 42.8 Å². The van der Waals surface area contributed by atoms with Crippen molar-refractivity contribution in [1.29, 1.82) is 0 Å². The monoisotopic (exact) mass is 222 g/mol. The highest BCUT2D eigenvalue weighted by Gasteiger charge is 2.11. The number of aryl methyl sites for hydroxylation is 1. The summed E-state index contributed by atoms with van der Waals surface area (Å²) in [5, 5.41) is 15.1. The Labute approximate surface area is 90.8 Å². The first-order valence-corrected chi connectivity index (χ1v) is 4.52. The quantitative estimate of drug-likeness (QED) is 0.634. The average Bonchev–Trinajstić information content (AvgIpc) is 2.89. The highest BCUT2D eigenvalue weighted by atomic mass is 16.5. The molecule has 2 rings (SSSR count). The van der Waals surface area contributed by atoms with E-state index in [1.807, 2.05) is 7.05 Å². The molecule has 0 radical (unpaired) electrons. The molecule has 0 atom stereocenters. The van der Waals surface area contributed by atoms with Crippen LogP contribution in [0.25, 0.3) is 0 Å². The molecule has 2 aromatic heterocycles. The van der Waals surface area contributed by atoms with Gasteiger partial charge in [0.05, 0.1) is 13.3 Å². The molecule has 84 valence electrons. The van der Waals surface area contributed by atoms with Crippen LogP contribution in [0.1, 0.15) is 16.3 Å². The number of carbonyl (C=O) groups is 1. The number of hydrogen-bond acceptors (Lipinski definition) is 6. The Morgan fingerprint density at radius 1 is 1.50 bits per heavy atom. The molecular weight excluding hydrogens is 212 g/mol. The van der Waals surface area contributed by atoms with Crippen LogP contribution in [-0.2, 0) is 18.3 Å². The number of methoxy groups -OCH3 is 1. The lowest BCUT2D eigenvalue weighted by atomic mass is 10.5. The van der Waals surface area contributed by atoms with Crippen molar-refractivity contribution >= 4 is 5.97 Å². The van der Waals surface area contributed by atoms with E-state index >= 15 is 0 Å². The van der Waals surface area contributed by atoms with Gasteiger partial charge in [-0.25, -0.2) is 9.48 Å². The minimum atomic E-state index is -0.510. The van der Waals surface area contributed by atoms with Gasteiger partial charge in [-0.05, 0) is 0 Å². The Morgan fingerprint density at radius 2 is 2.31 bits per heavy atom. The van der Waals surface area contributed by atoms with Crippen molar-refractivity contribution in [2.75, 3.05) is 7.11 Å². The first kappa shape index (κ1) is 10.3. The van der Waals surface area contributed by atoms with E-state index in [1.165, 1.54) is 18.0 Å². The summed E-state index contributed by atoms with van der Waals surface area (Å²) in [4.78, 5) is 11.1. The van der Waals surface area contributed by atoms with Gasteiger partial charge < -0.3 is 9.30 Å². The lowest BCUT2D eigenvalue weighted by Gasteiger charge is -1.98. The summed E-state index contributed by atoms with van der Waals surface area (Å²) in [6.07, 6.45) is 3.09. The molecule has 2 aromatic rings. The number of ether oxygens (including phenoxy) is 1. The Hall–Kier alpha value is -2.25. The predicted molar refractivity (Wildman–Crippen MR) is 51.5 cm³/mol. The molecule has 2 heterocycles. The lowest BCUT2D eigenvalue weighted by molar-refractivity contribution is 0.0594. The minimum Gasteiger partial charge on any atom is -0.464 e. The standard InChI is InChI=1S/C8H10N6O2/c1-13-5-9-11-7(13)4-14-3-6(10-12-14)8(15)16-2/h3,5H,4H2,1-2H3. The van der Waals surface area contributed by atoms with Gasteiger partial charge in [0.1, 0.15) is 12.9 Å². The smallest absolute Gasteiger partial charge is 0.360 e. The molecule has 0 N–H and O–H groups in total. The Bertz CT molecular complexity index is 502. The van der Waals surface area contributed by atoms with E-state index in [2.05, 4.69) is 25.2 Å². The van der Waals surface area contributed by atoms with Crippen molar-refractivity contribution in [2.24, 2.45) is 7.05 Å². The largest absolute Gasteiger partial charge is 0.464 e. The SMILES string of the molecule is COC(=O)c1cn(Cc2nncn2C)nn1. The molecule has 0 spiro atoms. The number of nitrogens with zero attached hydrogens (tertiary/aromatic N) is 6. The van der Waals surface area contributed by atoms with E-state index in [9.17, 15) is 4.79 Å². The molecule has 0 aliphatic carbocycles.